The van der Waals surface area contributed by atoms with Crippen molar-refractivity contribution in [3.63, 3.8) is 0 Å². The molecule has 1 aliphatic rings. The van der Waals surface area contributed by atoms with Crippen molar-refractivity contribution in [3.8, 4) is 0 Å². The standard InChI is InChI=1S/C13H18FN/c1-2-15-8-6-11(7-9-15)12-4-3-5-13(14)10-12/h3-5,10-11H,2,6-9H2,1H3. The van der Waals surface area contributed by atoms with Gasteiger partial charge in [-0.3, -0.25) is 0 Å². The van der Waals surface area contributed by atoms with Gasteiger partial charge in [0.25, 0.3) is 0 Å². The summed E-state index contributed by atoms with van der Waals surface area (Å²) in [4.78, 5) is 2.45. The molecular weight excluding hydrogens is 189 g/mol. The minimum absolute atomic E-state index is 0.106. The Labute approximate surface area is 90.9 Å². The fraction of sp³-hybridized carbons (Fsp3) is 0.538. The molecule has 82 valence electrons. The summed E-state index contributed by atoms with van der Waals surface area (Å²) in [6.07, 6.45) is 2.33. The molecule has 1 aromatic rings. The Bertz CT molecular complexity index is 316. The fourth-order valence-electron chi connectivity index (χ4n) is 2.34. The third-order valence-corrected chi connectivity index (χ3v) is 3.35. The first-order chi connectivity index (χ1) is 7.29. The molecule has 0 radical (unpaired) electrons. The van der Waals surface area contributed by atoms with Crippen LogP contribution in [0.4, 0.5) is 4.39 Å². The van der Waals surface area contributed by atoms with Crippen molar-refractivity contribution in [2.24, 2.45) is 0 Å². The van der Waals surface area contributed by atoms with Crippen molar-refractivity contribution in [3.05, 3.63) is 35.6 Å². The summed E-state index contributed by atoms with van der Waals surface area (Å²) in [6.45, 7) is 5.63. The van der Waals surface area contributed by atoms with E-state index in [1.165, 1.54) is 11.6 Å². The lowest BCUT2D eigenvalue weighted by Gasteiger charge is -2.31. The topological polar surface area (TPSA) is 3.24 Å². The van der Waals surface area contributed by atoms with Crippen LogP contribution >= 0.6 is 0 Å². The van der Waals surface area contributed by atoms with Crippen LogP contribution in [0.1, 0.15) is 31.2 Å². The van der Waals surface area contributed by atoms with E-state index in [-0.39, 0.29) is 5.82 Å². The van der Waals surface area contributed by atoms with Crippen LogP contribution in [0.25, 0.3) is 0 Å². The molecule has 2 heteroatoms. The van der Waals surface area contributed by atoms with Crippen molar-refractivity contribution >= 4 is 0 Å². The van der Waals surface area contributed by atoms with Gasteiger partial charge in [0, 0.05) is 0 Å². The highest BCUT2D eigenvalue weighted by atomic mass is 19.1. The zero-order chi connectivity index (χ0) is 10.7. The van der Waals surface area contributed by atoms with Crippen molar-refractivity contribution in [1.82, 2.24) is 4.90 Å². The van der Waals surface area contributed by atoms with Gasteiger partial charge in [0.2, 0.25) is 0 Å². The molecule has 1 saturated heterocycles. The molecule has 0 aromatic heterocycles. The third-order valence-electron chi connectivity index (χ3n) is 3.35. The van der Waals surface area contributed by atoms with Gasteiger partial charge in [-0.25, -0.2) is 4.39 Å². The van der Waals surface area contributed by atoms with Gasteiger partial charge in [-0.05, 0) is 56.1 Å². The van der Waals surface area contributed by atoms with E-state index in [0.29, 0.717) is 5.92 Å². The lowest BCUT2D eigenvalue weighted by Crippen LogP contribution is -2.32. The number of benzene rings is 1. The summed E-state index contributed by atoms with van der Waals surface area (Å²) in [5.74, 6) is 0.453. The van der Waals surface area contributed by atoms with Crippen LogP contribution in [0.2, 0.25) is 0 Å². The molecule has 0 amide bonds. The van der Waals surface area contributed by atoms with Gasteiger partial charge >= 0.3 is 0 Å². The molecule has 0 bridgehead atoms. The molecule has 0 spiro atoms. The smallest absolute Gasteiger partial charge is 0.123 e. The van der Waals surface area contributed by atoms with Crippen LogP contribution in [-0.2, 0) is 0 Å². The van der Waals surface area contributed by atoms with Crippen LogP contribution in [0.15, 0.2) is 24.3 Å². The molecule has 2 rings (SSSR count). The second-order valence-corrected chi connectivity index (χ2v) is 4.26. The zero-order valence-corrected chi connectivity index (χ0v) is 9.25. The van der Waals surface area contributed by atoms with Crippen LogP contribution in [0.3, 0.4) is 0 Å². The quantitative estimate of drug-likeness (QED) is 0.720. The maximum atomic E-state index is 13.1. The molecule has 0 N–H and O–H groups in total. The summed E-state index contributed by atoms with van der Waals surface area (Å²) in [7, 11) is 0. The first-order valence-corrected chi connectivity index (χ1v) is 5.77. The Morgan fingerprint density at radius 2 is 2.07 bits per heavy atom. The van der Waals surface area contributed by atoms with Gasteiger partial charge in [0.15, 0.2) is 0 Å². The summed E-state index contributed by atoms with van der Waals surface area (Å²) >= 11 is 0. The van der Waals surface area contributed by atoms with E-state index >= 15 is 0 Å². The Morgan fingerprint density at radius 1 is 1.33 bits per heavy atom. The van der Waals surface area contributed by atoms with Crippen LogP contribution in [0, 0.1) is 5.82 Å². The van der Waals surface area contributed by atoms with Gasteiger partial charge in [-0.2, -0.15) is 0 Å². The van der Waals surface area contributed by atoms with Crippen LogP contribution in [0.5, 0.6) is 0 Å². The van der Waals surface area contributed by atoms with Crippen LogP contribution < -0.4 is 0 Å². The van der Waals surface area contributed by atoms with Crippen molar-refractivity contribution in [2.45, 2.75) is 25.7 Å². The number of piperidine rings is 1. The fourth-order valence-corrected chi connectivity index (χ4v) is 2.34. The average Bonchev–Trinajstić information content (AvgIpc) is 2.29. The molecule has 0 unspecified atom stereocenters. The maximum Gasteiger partial charge on any atom is 0.123 e. The van der Waals surface area contributed by atoms with E-state index in [1.54, 1.807) is 6.07 Å². The second kappa shape index (κ2) is 4.75. The molecule has 0 aliphatic carbocycles. The van der Waals surface area contributed by atoms with Crippen molar-refractivity contribution < 1.29 is 4.39 Å². The van der Waals surface area contributed by atoms with Crippen molar-refractivity contribution in [1.29, 1.82) is 0 Å². The predicted octanol–water partition coefficient (Wildman–Crippen LogP) is 3.03. The first-order valence-electron chi connectivity index (χ1n) is 5.77. The van der Waals surface area contributed by atoms with E-state index in [2.05, 4.69) is 17.9 Å². The van der Waals surface area contributed by atoms with Crippen LogP contribution in [-0.4, -0.2) is 24.5 Å². The largest absolute Gasteiger partial charge is 0.304 e. The molecule has 1 fully saturated rings. The lowest BCUT2D eigenvalue weighted by atomic mass is 9.89. The molecule has 0 saturated carbocycles. The summed E-state index contributed by atoms with van der Waals surface area (Å²) in [5.41, 5.74) is 1.17. The Kier molecular flexibility index (Phi) is 3.37. The second-order valence-electron chi connectivity index (χ2n) is 4.26. The highest BCUT2D eigenvalue weighted by Gasteiger charge is 2.19. The first kappa shape index (κ1) is 10.6. The highest BCUT2D eigenvalue weighted by molar-refractivity contribution is 5.21. The average molecular weight is 207 g/mol. The molecule has 15 heavy (non-hydrogen) atoms. The normalized spacial score (nSPS) is 19.3. The zero-order valence-electron chi connectivity index (χ0n) is 9.25. The summed E-state index contributed by atoms with van der Waals surface area (Å²) in [5, 5.41) is 0. The van der Waals surface area contributed by atoms with Crippen molar-refractivity contribution in [2.75, 3.05) is 19.6 Å². The van der Waals surface area contributed by atoms with Gasteiger partial charge in [-0.15, -0.1) is 0 Å². The van der Waals surface area contributed by atoms with Gasteiger partial charge in [-0.1, -0.05) is 19.1 Å². The van der Waals surface area contributed by atoms with E-state index in [4.69, 9.17) is 0 Å². The lowest BCUT2D eigenvalue weighted by molar-refractivity contribution is 0.222. The Hall–Kier alpha value is -0.890. The number of rotatable bonds is 2. The number of halogens is 1. The van der Waals surface area contributed by atoms with Gasteiger partial charge in [0.05, 0.1) is 0 Å². The highest BCUT2D eigenvalue weighted by Crippen LogP contribution is 2.27. The summed E-state index contributed by atoms with van der Waals surface area (Å²) < 4.78 is 13.1. The molecule has 1 aromatic carbocycles. The number of hydrogen-bond acceptors (Lipinski definition) is 1. The van der Waals surface area contributed by atoms with E-state index in [1.807, 2.05) is 6.07 Å². The van der Waals surface area contributed by atoms with Gasteiger partial charge in [0.1, 0.15) is 5.82 Å². The monoisotopic (exact) mass is 207 g/mol. The minimum Gasteiger partial charge on any atom is -0.304 e. The third kappa shape index (κ3) is 2.57. The van der Waals surface area contributed by atoms with E-state index in [9.17, 15) is 4.39 Å². The maximum absolute atomic E-state index is 13.1. The molecule has 0 atom stereocenters. The van der Waals surface area contributed by atoms with E-state index in [0.717, 1.165) is 32.5 Å². The predicted molar refractivity (Wildman–Crippen MR) is 60.5 cm³/mol. The van der Waals surface area contributed by atoms with E-state index < -0.39 is 0 Å². The Balaban J connectivity index is 2.01. The molecule has 1 nitrogen and oxygen atoms in total. The molecular formula is C13H18FN. The number of likely N-dealkylation sites (tertiary alicyclic amines) is 1. The Morgan fingerprint density at radius 3 is 2.67 bits per heavy atom. The SMILES string of the molecule is CCN1CCC(c2cccc(F)c2)CC1. The summed E-state index contributed by atoms with van der Waals surface area (Å²) in [6, 6.07) is 7.07. The number of hydrogen-bond donors (Lipinski definition) is 0. The molecule has 1 heterocycles. The number of nitrogens with zero attached hydrogens (tertiary/aromatic N) is 1. The molecule has 1 aliphatic heterocycles. The minimum atomic E-state index is -0.106. The van der Waals surface area contributed by atoms with Gasteiger partial charge < -0.3 is 4.90 Å².